The van der Waals surface area contributed by atoms with Crippen molar-refractivity contribution in [2.45, 2.75) is 25.0 Å². The van der Waals surface area contributed by atoms with Gasteiger partial charge in [-0.2, -0.15) is 0 Å². The van der Waals surface area contributed by atoms with Gasteiger partial charge in [-0.25, -0.2) is 4.39 Å². The van der Waals surface area contributed by atoms with E-state index >= 15 is 0 Å². The summed E-state index contributed by atoms with van der Waals surface area (Å²) in [5, 5.41) is 9.15. The van der Waals surface area contributed by atoms with Gasteiger partial charge in [-0.05, 0) is 60.9 Å². The molecule has 0 bridgehead atoms. The van der Waals surface area contributed by atoms with Crippen LogP contribution in [0.3, 0.4) is 0 Å². The first-order chi connectivity index (χ1) is 17.1. The number of carbonyl (C=O) groups excluding carboxylic acids is 1. The van der Waals surface area contributed by atoms with Gasteiger partial charge in [0.25, 0.3) is 0 Å². The number of ether oxygens (including phenoxy) is 1. The maximum absolute atomic E-state index is 14.8. The topological polar surface area (TPSA) is 60.3 Å². The minimum atomic E-state index is -0.389. The number of benzene rings is 3. The van der Waals surface area contributed by atoms with Crippen molar-refractivity contribution in [3.63, 3.8) is 0 Å². The van der Waals surface area contributed by atoms with Crippen LogP contribution in [0.1, 0.15) is 18.1 Å². The van der Waals surface area contributed by atoms with E-state index in [1.54, 1.807) is 22.8 Å². The number of halogens is 1. The third-order valence-electron chi connectivity index (χ3n) is 5.96. The molecule has 0 spiro atoms. The molecule has 2 heterocycles. The number of fused-ring (bicyclic) bond motifs is 1. The smallest absolute Gasteiger partial charge is 0.233 e. The second-order valence-electron chi connectivity index (χ2n) is 8.17. The van der Waals surface area contributed by atoms with Gasteiger partial charge in [0.05, 0.1) is 18.0 Å². The quantitative estimate of drug-likeness (QED) is 0.337. The van der Waals surface area contributed by atoms with Crippen LogP contribution in [0.15, 0.2) is 78.0 Å². The SMILES string of the molecule is CCOc1ccc(-c2nnc(SCC(=O)N3CCc4ccccc4C3)n2-c2ccccc2F)cc1. The maximum Gasteiger partial charge on any atom is 0.233 e. The molecular weight excluding hydrogens is 463 g/mol. The summed E-state index contributed by atoms with van der Waals surface area (Å²) in [5.74, 6) is 1.07. The first-order valence-electron chi connectivity index (χ1n) is 11.5. The lowest BCUT2D eigenvalue weighted by atomic mass is 10.00. The van der Waals surface area contributed by atoms with E-state index in [4.69, 9.17) is 4.74 Å². The third-order valence-corrected chi connectivity index (χ3v) is 6.87. The average molecular weight is 489 g/mol. The van der Waals surface area contributed by atoms with Gasteiger partial charge < -0.3 is 9.64 Å². The van der Waals surface area contributed by atoms with E-state index in [2.05, 4.69) is 22.3 Å². The number of hydrogen-bond acceptors (Lipinski definition) is 5. The maximum atomic E-state index is 14.8. The van der Waals surface area contributed by atoms with Crippen molar-refractivity contribution in [2.24, 2.45) is 0 Å². The van der Waals surface area contributed by atoms with Crippen LogP contribution in [0, 0.1) is 5.82 Å². The molecule has 1 aliphatic rings. The highest BCUT2D eigenvalue weighted by Crippen LogP contribution is 2.30. The van der Waals surface area contributed by atoms with E-state index in [9.17, 15) is 9.18 Å². The molecule has 178 valence electrons. The van der Waals surface area contributed by atoms with Crippen LogP contribution in [-0.4, -0.2) is 44.5 Å². The second kappa shape index (κ2) is 10.3. The van der Waals surface area contributed by atoms with E-state index in [0.29, 0.717) is 36.4 Å². The molecule has 6 nitrogen and oxygen atoms in total. The number of hydrogen-bond donors (Lipinski definition) is 0. The van der Waals surface area contributed by atoms with Crippen molar-refractivity contribution in [1.82, 2.24) is 19.7 Å². The number of carbonyl (C=O) groups is 1. The van der Waals surface area contributed by atoms with E-state index in [0.717, 1.165) is 17.7 Å². The van der Waals surface area contributed by atoms with Crippen molar-refractivity contribution in [2.75, 3.05) is 18.9 Å². The van der Waals surface area contributed by atoms with E-state index in [1.165, 1.54) is 29.0 Å². The Morgan fingerprint density at radius 2 is 1.74 bits per heavy atom. The fraction of sp³-hybridized carbons (Fsp3) is 0.222. The highest BCUT2D eigenvalue weighted by molar-refractivity contribution is 7.99. The van der Waals surface area contributed by atoms with Crippen LogP contribution in [-0.2, 0) is 17.8 Å². The first-order valence-corrected chi connectivity index (χ1v) is 12.5. The molecule has 0 saturated heterocycles. The summed E-state index contributed by atoms with van der Waals surface area (Å²) in [6.45, 7) is 3.79. The molecule has 1 aromatic heterocycles. The number of amides is 1. The van der Waals surface area contributed by atoms with E-state index < -0.39 is 0 Å². The van der Waals surface area contributed by atoms with Gasteiger partial charge in [0.1, 0.15) is 11.6 Å². The number of nitrogens with zero attached hydrogens (tertiary/aromatic N) is 4. The Bertz CT molecular complexity index is 1340. The molecule has 0 unspecified atom stereocenters. The molecule has 3 aromatic carbocycles. The van der Waals surface area contributed by atoms with Crippen molar-refractivity contribution in [1.29, 1.82) is 0 Å². The molecule has 0 radical (unpaired) electrons. The zero-order chi connectivity index (χ0) is 24.2. The monoisotopic (exact) mass is 488 g/mol. The van der Waals surface area contributed by atoms with Crippen molar-refractivity contribution in [3.05, 3.63) is 89.7 Å². The Balaban J connectivity index is 1.40. The van der Waals surface area contributed by atoms with Gasteiger partial charge in [-0.1, -0.05) is 48.2 Å². The number of para-hydroxylation sites is 1. The van der Waals surface area contributed by atoms with Crippen LogP contribution in [0.25, 0.3) is 17.1 Å². The molecule has 1 amide bonds. The van der Waals surface area contributed by atoms with Gasteiger partial charge in [0.15, 0.2) is 11.0 Å². The summed E-state index contributed by atoms with van der Waals surface area (Å²) >= 11 is 1.27. The second-order valence-corrected chi connectivity index (χ2v) is 9.12. The van der Waals surface area contributed by atoms with Gasteiger partial charge in [0.2, 0.25) is 5.91 Å². The van der Waals surface area contributed by atoms with E-state index in [1.807, 2.05) is 48.2 Å². The van der Waals surface area contributed by atoms with Gasteiger partial charge >= 0.3 is 0 Å². The summed E-state index contributed by atoms with van der Waals surface area (Å²) in [6.07, 6.45) is 0.847. The highest BCUT2D eigenvalue weighted by atomic mass is 32.2. The summed E-state index contributed by atoms with van der Waals surface area (Å²) in [5.41, 5.74) is 3.59. The van der Waals surface area contributed by atoms with Crippen LogP contribution in [0.5, 0.6) is 5.75 Å². The van der Waals surface area contributed by atoms with E-state index in [-0.39, 0.29) is 17.5 Å². The Kier molecular flexibility index (Phi) is 6.81. The molecule has 0 saturated carbocycles. The predicted octanol–water partition coefficient (Wildman–Crippen LogP) is 5.15. The van der Waals surface area contributed by atoms with Gasteiger partial charge in [-0.15, -0.1) is 10.2 Å². The molecule has 0 atom stereocenters. The molecule has 0 N–H and O–H groups in total. The molecule has 0 fully saturated rings. The number of rotatable bonds is 7. The van der Waals surface area contributed by atoms with Crippen LogP contribution >= 0.6 is 11.8 Å². The fourth-order valence-electron chi connectivity index (χ4n) is 4.19. The normalized spacial score (nSPS) is 12.9. The molecular formula is C27H25FN4O2S. The molecule has 0 aliphatic carbocycles. The van der Waals surface area contributed by atoms with Gasteiger partial charge in [-0.3, -0.25) is 9.36 Å². The Morgan fingerprint density at radius 1 is 1.00 bits per heavy atom. The molecule has 8 heteroatoms. The van der Waals surface area contributed by atoms with Crippen molar-refractivity contribution >= 4 is 17.7 Å². The first kappa shape index (κ1) is 23.1. The average Bonchev–Trinajstić information content (AvgIpc) is 3.31. The summed E-state index contributed by atoms with van der Waals surface area (Å²) in [4.78, 5) is 14.9. The fourth-order valence-corrected chi connectivity index (χ4v) is 5.04. The Hall–Kier alpha value is -3.65. The number of aromatic nitrogens is 3. The summed E-state index contributed by atoms with van der Waals surface area (Å²) in [6, 6.07) is 22.2. The Morgan fingerprint density at radius 3 is 2.51 bits per heavy atom. The minimum absolute atomic E-state index is 0.0233. The lowest BCUT2D eigenvalue weighted by molar-refractivity contribution is -0.129. The minimum Gasteiger partial charge on any atom is -0.494 e. The molecule has 1 aliphatic heterocycles. The summed E-state index contributed by atoms with van der Waals surface area (Å²) < 4.78 is 22.0. The van der Waals surface area contributed by atoms with Crippen LogP contribution in [0.4, 0.5) is 4.39 Å². The van der Waals surface area contributed by atoms with Crippen LogP contribution < -0.4 is 4.74 Å². The number of thioether (sulfide) groups is 1. The zero-order valence-electron chi connectivity index (χ0n) is 19.4. The third kappa shape index (κ3) is 4.93. The zero-order valence-corrected chi connectivity index (χ0v) is 20.2. The summed E-state index contributed by atoms with van der Waals surface area (Å²) in [7, 11) is 0. The van der Waals surface area contributed by atoms with Crippen LogP contribution in [0.2, 0.25) is 0 Å². The lowest BCUT2D eigenvalue weighted by Crippen LogP contribution is -2.37. The predicted molar refractivity (Wildman–Crippen MR) is 134 cm³/mol. The molecule has 5 rings (SSSR count). The Labute approximate surface area is 207 Å². The lowest BCUT2D eigenvalue weighted by Gasteiger charge is -2.28. The molecule has 35 heavy (non-hydrogen) atoms. The molecule has 4 aromatic rings. The van der Waals surface area contributed by atoms with Gasteiger partial charge in [0, 0.05) is 18.7 Å². The standard InChI is InChI=1S/C27H25FN4O2S/c1-2-34-22-13-11-20(12-14-22)26-29-30-27(32(26)24-10-6-5-9-23(24)28)35-18-25(33)31-16-15-19-7-3-4-8-21(19)17-31/h3-14H,2,15-18H2,1H3. The van der Waals surface area contributed by atoms with Crippen molar-refractivity contribution < 1.29 is 13.9 Å². The van der Waals surface area contributed by atoms with Crippen molar-refractivity contribution in [3.8, 4) is 22.8 Å². The highest BCUT2D eigenvalue weighted by Gasteiger charge is 2.23. The largest absolute Gasteiger partial charge is 0.494 e.